The fourth-order valence-electron chi connectivity index (χ4n) is 3.59. The van der Waals surface area contributed by atoms with Gasteiger partial charge in [-0.05, 0) is 36.5 Å². The van der Waals surface area contributed by atoms with Crippen LogP contribution in [-0.2, 0) is 4.79 Å². The van der Waals surface area contributed by atoms with Crippen LogP contribution in [0, 0.1) is 15.5 Å². The van der Waals surface area contributed by atoms with E-state index in [1.807, 2.05) is 20.8 Å². The maximum atomic E-state index is 13.6. The van der Waals surface area contributed by atoms with Crippen molar-refractivity contribution in [2.24, 2.45) is 5.41 Å². The molecule has 2 aromatic carbocycles. The number of anilines is 1. The largest absolute Gasteiger partial charge is 0.497 e. The number of carbonyl (C=O) groups excluding carboxylic acids is 1. The minimum absolute atomic E-state index is 0.120. The van der Waals surface area contributed by atoms with E-state index in [2.05, 4.69) is 16.0 Å². The summed E-state index contributed by atoms with van der Waals surface area (Å²) in [6.45, 7) is 5.89. The summed E-state index contributed by atoms with van der Waals surface area (Å²) in [5.41, 5.74) is 1.39. The van der Waals surface area contributed by atoms with Crippen LogP contribution in [0.2, 0.25) is 0 Å². The lowest BCUT2D eigenvalue weighted by Crippen LogP contribution is -2.49. The SMILES string of the molecule is COc1ccc(OC)c(C2NC(=S)NC(C(C)(C)C)=C2C(=O)Nc2cccc([N+](=O)[O-])c2)c1. The quantitative estimate of drug-likeness (QED) is 0.329. The maximum absolute atomic E-state index is 13.6. The van der Waals surface area contributed by atoms with E-state index in [1.165, 1.54) is 18.2 Å². The van der Waals surface area contributed by atoms with Crippen LogP contribution in [0.15, 0.2) is 53.7 Å². The molecule has 9 nitrogen and oxygen atoms in total. The molecule has 0 aliphatic carbocycles. The van der Waals surface area contributed by atoms with Crippen molar-refractivity contribution in [1.29, 1.82) is 0 Å². The highest BCUT2D eigenvalue weighted by Crippen LogP contribution is 2.39. The molecule has 1 aliphatic rings. The van der Waals surface area contributed by atoms with Crippen LogP contribution < -0.4 is 25.4 Å². The first kappa shape index (κ1) is 24.0. The summed E-state index contributed by atoms with van der Waals surface area (Å²) in [6, 6.07) is 10.4. The first-order valence-corrected chi connectivity index (χ1v) is 10.6. The maximum Gasteiger partial charge on any atom is 0.271 e. The number of thiocarbonyl (C=S) groups is 1. The molecule has 0 bridgehead atoms. The summed E-state index contributed by atoms with van der Waals surface area (Å²) >= 11 is 5.45. The Hall–Kier alpha value is -3.66. The average molecular weight is 471 g/mol. The van der Waals surface area contributed by atoms with Gasteiger partial charge in [0.2, 0.25) is 0 Å². The van der Waals surface area contributed by atoms with Crippen LogP contribution >= 0.6 is 12.2 Å². The van der Waals surface area contributed by atoms with Gasteiger partial charge in [-0.3, -0.25) is 14.9 Å². The topological polar surface area (TPSA) is 115 Å². The molecule has 1 unspecified atom stereocenters. The number of nitrogens with one attached hydrogen (secondary N) is 3. The van der Waals surface area contributed by atoms with Crippen LogP contribution in [0.5, 0.6) is 11.5 Å². The van der Waals surface area contributed by atoms with Crippen molar-refractivity contribution in [1.82, 2.24) is 10.6 Å². The molecule has 1 atom stereocenters. The van der Waals surface area contributed by atoms with Crippen molar-refractivity contribution in [2.45, 2.75) is 26.8 Å². The van der Waals surface area contributed by atoms with Crippen molar-refractivity contribution >= 4 is 34.6 Å². The number of nitro benzene ring substituents is 1. The molecule has 3 rings (SSSR count). The molecular formula is C23H26N4O5S. The van der Waals surface area contributed by atoms with Gasteiger partial charge in [0.05, 0.1) is 30.8 Å². The fraction of sp³-hybridized carbons (Fsp3) is 0.304. The number of benzene rings is 2. The lowest BCUT2D eigenvalue weighted by atomic mass is 9.83. The number of non-ortho nitro benzene ring substituents is 1. The van der Waals surface area contributed by atoms with Gasteiger partial charge in [0.25, 0.3) is 11.6 Å². The third kappa shape index (κ3) is 5.23. The lowest BCUT2D eigenvalue weighted by Gasteiger charge is -2.37. The van der Waals surface area contributed by atoms with Crippen molar-refractivity contribution in [3.05, 3.63) is 69.4 Å². The zero-order valence-electron chi connectivity index (χ0n) is 19.0. The molecule has 2 aromatic rings. The van der Waals surface area contributed by atoms with Gasteiger partial charge in [0.15, 0.2) is 5.11 Å². The second-order valence-corrected chi connectivity index (χ2v) is 8.85. The number of amides is 1. The summed E-state index contributed by atoms with van der Waals surface area (Å²) in [5.74, 6) is 0.706. The van der Waals surface area contributed by atoms with Gasteiger partial charge in [0, 0.05) is 34.5 Å². The first-order valence-electron chi connectivity index (χ1n) is 10.1. The van der Waals surface area contributed by atoms with E-state index in [0.29, 0.717) is 39.1 Å². The van der Waals surface area contributed by atoms with Crippen LogP contribution in [0.1, 0.15) is 32.4 Å². The third-order valence-corrected chi connectivity index (χ3v) is 5.35. The van der Waals surface area contributed by atoms with E-state index in [9.17, 15) is 14.9 Å². The number of hydrogen-bond acceptors (Lipinski definition) is 6. The highest BCUT2D eigenvalue weighted by molar-refractivity contribution is 7.80. The molecule has 0 spiro atoms. The summed E-state index contributed by atoms with van der Waals surface area (Å²) in [5, 5.41) is 20.6. The summed E-state index contributed by atoms with van der Waals surface area (Å²) < 4.78 is 10.9. The molecule has 0 radical (unpaired) electrons. The zero-order chi connectivity index (χ0) is 24.3. The minimum atomic E-state index is -0.656. The van der Waals surface area contributed by atoms with E-state index < -0.39 is 22.3 Å². The van der Waals surface area contributed by atoms with Crippen LogP contribution in [0.25, 0.3) is 0 Å². The van der Waals surface area contributed by atoms with Gasteiger partial charge in [-0.2, -0.15) is 0 Å². The van der Waals surface area contributed by atoms with Gasteiger partial charge >= 0.3 is 0 Å². The highest BCUT2D eigenvalue weighted by atomic mass is 32.1. The second-order valence-electron chi connectivity index (χ2n) is 8.44. The zero-order valence-corrected chi connectivity index (χ0v) is 19.8. The van der Waals surface area contributed by atoms with E-state index >= 15 is 0 Å². The van der Waals surface area contributed by atoms with Crippen LogP contribution in [0.3, 0.4) is 0 Å². The van der Waals surface area contributed by atoms with Gasteiger partial charge in [-0.15, -0.1) is 0 Å². The molecule has 0 fully saturated rings. The average Bonchev–Trinajstić information content (AvgIpc) is 2.77. The molecule has 1 aliphatic heterocycles. The number of allylic oxidation sites excluding steroid dienone is 1. The molecule has 3 N–H and O–H groups in total. The van der Waals surface area contributed by atoms with Gasteiger partial charge in [-0.25, -0.2) is 0 Å². The molecule has 1 amide bonds. The number of rotatable bonds is 6. The first-order chi connectivity index (χ1) is 15.5. The fourth-order valence-corrected chi connectivity index (χ4v) is 3.81. The minimum Gasteiger partial charge on any atom is -0.497 e. The Kier molecular flexibility index (Phi) is 6.87. The Bertz CT molecular complexity index is 1140. The molecule has 174 valence electrons. The van der Waals surface area contributed by atoms with Crippen LogP contribution in [-0.4, -0.2) is 30.2 Å². The van der Waals surface area contributed by atoms with E-state index in [4.69, 9.17) is 21.7 Å². The molecule has 0 saturated carbocycles. The van der Waals surface area contributed by atoms with Gasteiger partial charge in [-0.1, -0.05) is 26.8 Å². The van der Waals surface area contributed by atoms with Gasteiger partial charge in [0.1, 0.15) is 11.5 Å². The van der Waals surface area contributed by atoms with Crippen LogP contribution in [0.4, 0.5) is 11.4 Å². The number of nitro groups is 1. The normalized spacial score (nSPS) is 15.9. The molecule has 33 heavy (non-hydrogen) atoms. The Labute approximate surface area is 197 Å². The number of carbonyl (C=O) groups is 1. The predicted molar refractivity (Wildman–Crippen MR) is 129 cm³/mol. The van der Waals surface area contributed by atoms with Crippen molar-refractivity contribution in [3.63, 3.8) is 0 Å². The number of hydrogen-bond donors (Lipinski definition) is 3. The lowest BCUT2D eigenvalue weighted by molar-refractivity contribution is -0.384. The predicted octanol–water partition coefficient (Wildman–Crippen LogP) is 4.07. The van der Waals surface area contributed by atoms with Crippen molar-refractivity contribution < 1.29 is 19.2 Å². The molecule has 0 saturated heterocycles. The Morgan fingerprint density at radius 3 is 2.48 bits per heavy atom. The van der Waals surface area contributed by atoms with E-state index in [0.717, 1.165) is 0 Å². The number of ether oxygens (including phenoxy) is 2. The van der Waals surface area contributed by atoms with Gasteiger partial charge < -0.3 is 25.4 Å². The Morgan fingerprint density at radius 2 is 1.88 bits per heavy atom. The smallest absolute Gasteiger partial charge is 0.271 e. The Morgan fingerprint density at radius 1 is 1.15 bits per heavy atom. The highest BCUT2D eigenvalue weighted by Gasteiger charge is 2.37. The standard InChI is InChI=1S/C23H26N4O5S/c1-23(2,3)20-18(21(28)24-13-7-6-8-14(11-13)27(29)30)19(25-22(33)26-20)16-12-15(31-4)9-10-17(16)32-5/h6-12,19H,1-5H3,(H,24,28)(H2,25,26,33). The summed E-state index contributed by atoms with van der Waals surface area (Å²) in [6.07, 6.45) is 0. The molecule has 0 aromatic heterocycles. The third-order valence-electron chi connectivity index (χ3n) is 5.13. The molecule has 1 heterocycles. The van der Waals surface area contributed by atoms with E-state index in [-0.39, 0.29) is 5.69 Å². The molecule has 10 heteroatoms. The summed E-state index contributed by atoms with van der Waals surface area (Å²) in [7, 11) is 3.10. The van der Waals surface area contributed by atoms with Crippen molar-refractivity contribution in [3.8, 4) is 11.5 Å². The summed E-state index contributed by atoms with van der Waals surface area (Å²) in [4.78, 5) is 24.3. The molecular weight excluding hydrogens is 444 g/mol. The second kappa shape index (κ2) is 9.45. The number of nitrogens with zero attached hydrogens (tertiary/aromatic N) is 1. The number of methoxy groups -OCH3 is 2. The van der Waals surface area contributed by atoms with Crippen molar-refractivity contribution in [2.75, 3.05) is 19.5 Å². The monoisotopic (exact) mass is 470 g/mol. The Balaban J connectivity index is 2.15. The van der Waals surface area contributed by atoms with E-state index in [1.54, 1.807) is 38.5 Å².